The minimum Gasteiger partial charge on any atom is -0.497 e. The Morgan fingerprint density at radius 1 is 1.06 bits per heavy atom. The van der Waals surface area contributed by atoms with Crippen LogP contribution in [0.1, 0.15) is 18.5 Å². The van der Waals surface area contributed by atoms with Crippen LogP contribution in [0.2, 0.25) is 0 Å². The molecule has 8 nitrogen and oxygen atoms in total. The lowest BCUT2D eigenvalue weighted by molar-refractivity contribution is -0.123. The van der Waals surface area contributed by atoms with E-state index in [2.05, 4.69) is 4.98 Å². The number of piperidine rings is 1. The molecule has 0 unspecified atom stereocenters. The van der Waals surface area contributed by atoms with Crippen molar-refractivity contribution in [1.82, 2.24) is 14.3 Å². The number of fused-ring (bicyclic) bond motifs is 1. The van der Waals surface area contributed by atoms with Crippen LogP contribution in [0.25, 0.3) is 10.2 Å². The topological polar surface area (TPSA) is 92.7 Å². The summed E-state index contributed by atoms with van der Waals surface area (Å²) in [7, 11) is -2.10. The summed E-state index contributed by atoms with van der Waals surface area (Å²) in [6, 6.07) is 19.8. The van der Waals surface area contributed by atoms with Gasteiger partial charge >= 0.3 is 0 Å². The average Bonchev–Trinajstić information content (AvgIpc) is 3.36. The summed E-state index contributed by atoms with van der Waals surface area (Å²) in [5.41, 5.74) is 1.61. The summed E-state index contributed by atoms with van der Waals surface area (Å²) in [4.78, 5) is 24.8. The quantitative estimate of drug-likeness (QED) is 0.359. The molecule has 1 aliphatic rings. The number of ether oxygens (including phenoxy) is 1. The van der Waals surface area contributed by atoms with Crippen LogP contribution in [0.4, 0.5) is 5.13 Å². The Morgan fingerprint density at radius 3 is 2.44 bits per heavy atom. The second-order valence-electron chi connectivity index (χ2n) is 8.56. The molecule has 1 saturated heterocycles. The largest absolute Gasteiger partial charge is 0.497 e. The number of methoxy groups -OCH3 is 1. The highest BCUT2D eigenvalue weighted by molar-refractivity contribution is 7.89. The van der Waals surface area contributed by atoms with E-state index in [4.69, 9.17) is 9.72 Å². The Morgan fingerprint density at radius 2 is 1.78 bits per heavy atom. The number of para-hydroxylation sites is 1. The van der Waals surface area contributed by atoms with Crippen LogP contribution < -0.4 is 9.64 Å². The number of pyridine rings is 1. The first-order valence-corrected chi connectivity index (χ1v) is 13.9. The van der Waals surface area contributed by atoms with Gasteiger partial charge < -0.3 is 4.74 Å². The van der Waals surface area contributed by atoms with Crippen LogP contribution >= 0.6 is 11.3 Å². The number of anilines is 1. The maximum absolute atomic E-state index is 13.8. The lowest BCUT2D eigenvalue weighted by Gasteiger charge is -2.33. The molecule has 1 amide bonds. The molecule has 0 atom stereocenters. The highest BCUT2D eigenvalue weighted by Gasteiger charge is 2.35. The summed E-state index contributed by atoms with van der Waals surface area (Å²) < 4.78 is 33.9. The molecule has 5 rings (SSSR count). The maximum Gasteiger partial charge on any atom is 0.243 e. The fourth-order valence-corrected chi connectivity index (χ4v) is 6.77. The second kappa shape index (κ2) is 10.3. The number of rotatable bonds is 7. The van der Waals surface area contributed by atoms with Gasteiger partial charge in [0.1, 0.15) is 5.75 Å². The number of thiazole rings is 1. The smallest absolute Gasteiger partial charge is 0.243 e. The third kappa shape index (κ3) is 4.97. The van der Waals surface area contributed by atoms with E-state index < -0.39 is 10.0 Å². The number of hydrogen-bond donors (Lipinski definition) is 0. The molecule has 186 valence electrons. The van der Waals surface area contributed by atoms with Crippen LogP contribution in [0.5, 0.6) is 5.75 Å². The molecule has 1 fully saturated rings. The van der Waals surface area contributed by atoms with Crippen molar-refractivity contribution in [1.29, 1.82) is 0 Å². The van der Waals surface area contributed by atoms with Crippen molar-refractivity contribution in [2.45, 2.75) is 24.3 Å². The van der Waals surface area contributed by atoms with Crippen LogP contribution in [0.3, 0.4) is 0 Å². The third-order valence-electron chi connectivity index (χ3n) is 6.33. The number of aromatic nitrogens is 2. The second-order valence-corrected chi connectivity index (χ2v) is 11.5. The van der Waals surface area contributed by atoms with Gasteiger partial charge in [0.2, 0.25) is 15.9 Å². The van der Waals surface area contributed by atoms with Crippen molar-refractivity contribution in [2.24, 2.45) is 5.92 Å². The lowest BCUT2D eigenvalue weighted by atomic mass is 9.96. The van der Waals surface area contributed by atoms with Crippen LogP contribution in [0.15, 0.2) is 77.8 Å². The zero-order chi connectivity index (χ0) is 25.1. The van der Waals surface area contributed by atoms with Gasteiger partial charge in [-0.05, 0) is 61.4 Å². The van der Waals surface area contributed by atoms with E-state index >= 15 is 0 Å². The van der Waals surface area contributed by atoms with E-state index in [0.717, 1.165) is 15.9 Å². The molecule has 1 aliphatic heterocycles. The summed E-state index contributed by atoms with van der Waals surface area (Å²) >= 11 is 1.47. The molecule has 0 bridgehead atoms. The van der Waals surface area contributed by atoms with Gasteiger partial charge in [0.15, 0.2) is 5.13 Å². The Balaban J connectivity index is 1.34. The molecule has 2 aromatic heterocycles. The number of sulfonamides is 1. The molecule has 0 spiro atoms. The van der Waals surface area contributed by atoms with Gasteiger partial charge in [0, 0.05) is 25.2 Å². The molecule has 36 heavy (non-hydrogen) atoms. The minimum absolute atomic E-state index is 0.0544. The third-order valence-corrected chi connectivity index (χ3v) is 9.30. The van der Waals surface area contributed by atoms with E-state index in [-0.39, 0.29) is 29.8 Å². The molecular weight excluding hydrogens is 496 g/mol. The average molecular weight is 523 g/mol. The van der Waals surface area contributed by atoms with Crippen LogP contribution in [-0.4, -0.2) is 48.8 Å². The highest BCUT2D eigenvalue weighted by atomic mass is 32.2. The lowest BCUT2D eigenvalue weighted by Crippen LogP contribution is -2.44. The van der Waals surface area contributed by atoms with Gasteiger partial charge in [-0.25, -0.2) is 13.4 Å². The molecule has 0 N–H and O–H groups in total. The number of carbonyl (C=O) groups is 1. The Labute approximate surface area is 214 Å². The predicted octanol–water partition coefficient (Wildman–Crippen LogP) is 4.33. The van der Waals surface area contributed by atoms with Crippen molar-refractivity contribution in [3.8, 4) is 5.75 Å². The Bertz CT molecular complexity index is 1420. The van der Waals surface area contributed by atoms with E-state index in [1.54, 1.807) is 35.4 Å². The zero-order valence-corrected chi connectivity index (χ0v) is 21.4. The maximum atomic E-state index is 13.8. The normalized spacial score (nSPS) is 15.1. The van der Waals surface area contributed by atoms with Crippen molar-refractivity contribution < 1.29 is 17.9 Å². The number of carbonyl (C=O) groups excluding carboxylic acids is 1. The van der Waals surface area contributed by atoms with Gasteiger partial charge in [0.25, 0.3) is 0 Å². The van der Waals surface area contributed by atoms with Gasteiger partial charge in [-0.15, -0.1) is 0 Å². The van der Waals surface area contributed by atoms with E-state index in [9.17, 15) is 13.2 Å². The molecule has 4 aromatic rings. The first-order valence-electron chi connectivity index (χ1n) is 11.7. The molecule has 0 saturated carbocycles. The monoisotopic (exact) mass is 522 g/mol. The van der Waals surface area contributed by atoms with Crippen LogP contribution in [-0.2, 0) is 21.4 Å². The van der Waals surface area contributed by atoms with Crippen molar-refractivity contribution in [2.75, 3.05) is 25.1 Å². The molecule has 0 radical (unpaired) electrons. The first-order chi connectivity index (χ1) is 17.5. The van der Waals surface area contributed by atoms with E-state index in [1.165, 1.54) is 22.8 Å². The number of hydrogen-bond acceptors (Lipinski definition) is 7. The molecular formula is C26H26N4O4S2. The Hall–Kier alpha value is -3.34. The molecule has 0 aliphatic carbocycles. The Kier molecular flexibility index (Phi) is 6.99. The minimum atomic E-state index is -3.64. The number of benzene rings is 2. The van der Waals surface area contributed by atoms with Crippen molar-refractivity contribution >= 4 is 42.6 Å². The van der Waals surface area contributed by atoms with Gasteiger partial charge in [-0.3, -0.25) is 14.7 Å². The van der Waals surface area contributed by atoms with Gasteiger partial charge in [0.05, 0.1) is 34.5 Å². The summed E-state index contributed by atoms with van der Waals surface area (Å²) in [5, 5.41) is 0.625. The van der Waals surface area contributed by atoms with Gasteiger partial charge in [-0.1, -0.05) is 29.5 Å². The fourth-order valence-electron chi connectivity index (χ4n) is 4.33. The van der Waals surface area contributed by atoms with Crippen molar-refractivity contribution in [3.63, 3.8) is 0 Å². The zero-order valence-electron chi connectivity index (χ0n) is 19.8. The molecule has 2 aromatic carbocycles. The SMILES string of the molecule is COc1ccc(S(=O)(=O)N2CCC(C(=O)N(Cc3ccccn3)c3nc4ccccc4s3)CC2)cc1. The fraction of sp³-hybridized carbons (Fsp3) is 0.269. The van der Waals surface area contributed by atoms with Crippen molar-refractivity contribution in [3.05, 3.63) is 78.6 Å². The number of nitrogens with zero attached hydrogens (tertiary/aromatic N) is 4. The van der Waals surface area contributed by atoms with Crippen LogP contribution in [0, 0.1) is 5.92 Å². The van der Waals surface area contributed by atoms with E-state index in [1.807, 2.05) is 42.5 Å². The first kappa shape index (κ1) is 24.4. The highest BCUT2D eigenvalue weighted by Crippen LogP contribution is 2.33. The number of amides is 1. The molecule has 3 heterocycles. The molecule has 10 heteroatoms. The summed E-state index contributed by atoms with van der Waals surface area (Å²) in [5.74, 6) is 0.241. The van der Waals surface area contributed by atoms with E-state index in [0.29, 0.717) is 30.3 Å². The predicted molar refractivity (Wildman–Crippen MR) is 140 cm³/mol. The standard InChI is InChI=1S/C26H26N4O4S2/c1-34-21-9-11-22(12-10-21)36(32,33)29-16-13-19(14-17-29)25(31)30(18-20-6-4-5-15-27-20)26-28-23-7-2-3-8-24(23)35-26/h2-12,15,19H,13-14,16-18H2,1H3. The summed E-state index contributed by atoms with van der Waals surface area (Å²) in [6.45, 7) is 0.869. The van der Waals surface area contributed by atoms with Gasteiger partial charge in [-0.2, -0.15) is 4.31 Å². The summed E-state index contributed by atoms with van der Waals surface area (Å²) in [6.07, 6.45) is 2.59.